The third kappa shape index (κ3) is 5.35. The maximum Gasteiger partial charge on any atom is 0.266 e. The summed E-state index contributed by atoms with van der Waals surface area (Å²) in [4.78, 5) is 19.7. The third-order valence-corrected chi connectivity index (χ3v) is 5.97. The summed E-state index contributed by atoms with van der Waals surface area (Å²) in [6.45, 7) is 6.53. The average Bonchev–Trinajstić information content (AvgIpc) is 2.99. The highest BCUT2D eigenvalue weighted by Crippen LogP contribution is 2.35. The number of benzene rings is 2. The van der Waals surface area contributed by atoms with Crippen LogP contribution in [0.4, 0.5) is 5.69 Å². The van der Waals surface area contributed by atoms with E-state index >= 15 is 0 Å². The largest absolute Gasteiger partial charge is 0.489 e. The van der Waals surface area contributed by atoms with Gasteiger partial charge in [-0.15, -0.1) is 0 Å². The van der Waals surface area contributed by atoms with Gasteiger partial charge in [-0.2, -0.15) is 0 Å². The van der Waals surface area contributed by atoms with Crippen LogP contribution in [0.3, 0.4) is 0 Å². The van der Waals surface area contributed by atoms with E-state index in [-0.39, 0.29) is 12.0 Å². The molecule has 0 saturated carbocycles. The van der Waals surface area contributed by atoms with Crippen LogP contribution in [0.15, 0.2) is 52.4 Å². The summed E-state index contributed by atoms with van der Waals surface area (Å²) in [5.41, 5.74) is 1.59. The highest BCUT2D eigenvalue weighted by molar-refractivity contribution is 8.18. The van der Waals surface area contributed by atoms with E-state index in [1.165, 1.54) is 11.8 Å². The molecule has 1 atom stereocenters. The standard InChI is InChI=1S/C22H22Cl2N2O2S/c1-4-14(3)28-19-11-6-15(12-18(19)24)13-20-21(27)26(5-2)22(29-20)25-17-9-7-16(23)8-10-17/h6-14H,4-5H2,1-3H3/b20-13-,25-22?/t14-/m1/s1. The fourth-order valence-corrected chi connectivity index (χ4v) is 4.07. The predicted molar refractivity (Wildman–Crippen MR) is 123 cm³/mol. The molecule has 1 heterocycles. The second kappa shape index (κ2) is 9.70. The maximum atomic E-state index is 12.8. The summed E-state index contributed by atoms with van der Waals surface area (Å²) in [7, 11) is 0. The van der Waals surface area contributed by atoms with Crippen LogP contribution >= 0.6 is 35.0 Å². The molecule has 1 aliphatic rings. The van der Waals surface area contributed by atoms with Crippen LogP contribution in [-0.2, 0) is 4.79 Å². The van der Waals surface area contributed by atoms with Crippen molar-refractivity contribution in [2.75, 3.05) is 6.54 Å². The number of halogens is 2. The van der Waals surface area contributed by atoms with Gasteiger partial charge in [0.05, 0.1) is 21.7 Å². The summed E-state index contributed by atoms with van der Waals surface area (Å²) in [6, 6.07) is 12.8. The van der Waals surface area contributed by atoms with Crippen molar-refractivity contribution in [3.63, 3.8) is 0 Å². The molecule has 0 aromatic heterocycles. The Morgan fingerprint density at radius 3 is 2.52 bits per heavy atom. The molecular formula is C22H22Cl2N2O2S. The molecule has 0 aliphatic carbocycles. The number of ether oxygens (including phenoxy) is 1. The molecule has 0 N–H and O–H groups in total. The molecule has 1 aliphatic heterocycles. The fraction of sp³-hybridized carbons (Fsp3) is 0.273. The Bertz CT molecular complexity index is 958. The number of hydrogen-bond acceptors (Lipinski definition) is 4. The quantitative estimate of drug-likeness (QED) is 0.456. The summed E-state index contributed by atoms with van der Waals surface area (Å²) < 4.78 is 5.81. The minimum Gasteiger partial charge on any atom is -0.489 e. The number of likely N-dealkylation sites (N-methyl/N-ethyl adjacent to an activating group) is 1. The molecule has 29 heavy (non-hydrogen) atoms. The van der Waals surface area contributed by atoms with Gasteiger partial charge in [-0.25, -0.2) is 4.99 Å². The minimum absolute atomic E-state index is 0.0683. The van der Waals surface area contributed by atoms with Crippen LogP contribution < -0.4 is 4.74 Å². The lowest BCUT2D eigenvalue weighted by Gasteiger charge is -2.14. The monoisotopic (exact) mass is 448 g/mol. The number of amidine groups is 1. The molecule has 0 radical (unpaired) electrons. The van der Waals surface area contributed by atoms with Gasteiger partial charge in [0.1, 0.15) is 5.75 Å². The SMILES string of the molecule is CC[C@@H](C)Oc1ccc(/C=C2\SC(=Nc3ccc(Cl)cc3)N(CC)C2=O)cc1Cl. The maximum absolute atomic E-state index is 12.8. The first-order chi connectivity index (χ1) is 13.9. The molecule has 0 bridgehead atoms. The molecule has 7 heteroatoms. The van der Waals surface area contributed by atoms with Crippen molar-refractivity contribution >= 4 is 57.8 Å². The van der Waals surface area contributed by atoms with Crippen molar-refractivity contribution < 1.29 is 9.53 Å². The van der Waals surface area contributed by atoms with E-state index in [4.69, 9.17) is 27.9 Å². The number of rotatable bonds is 6. The van der Waals surface area contributed by atoms with Crippen molar-refractivity contribution in [2.24, 2.45) is 4.99 Å². The van der Waals surface area contributed by atoms with Gasteiger partial charge < -0.3 is 4.74 Å². The molecule has 2 aromatic carbocycles. The van der Waals surface area contributed by atoms with Crippen molar-refractivity contribution in [3.8, 4) is 5.75 Å². The Balaban J connectivity index is 1.85. The van der Waals surface area contributed by atoms with Crippen molar-refractivity contribution in [2.45, 2.75) is 33.3 Å². The summed E-state index contributed by atoms with van der Waals surface area (Å²) in [5.74, 6) is 0.579. The first kappa shape index (κ1) is 21.8. The Kier molecular flexibility index (Phi) is 7.28. The average molecular weight is 449 g/mol. The zero-order chi connectivity index (χ0) is 21.0. The smallest absolute Gasteiger partial charge is 0.266 e. The van der Waals surface area contributed by atoms with E-state index in [0.29, 0.717) is 32.4 Å². The Morgan fingerprint density at radius 1 is 1.17 bits per heavy atom. The van der Waals surface area contributed by atoms with Gasteiger partial charge >= 0.3 is 0 Å². The second-order valence-corrected chi connectivity index (χ2v) is 8.41. The number of aliphatic imine (C=N–C) groups is 1. The number of amides is 1. The lowest BCUT2D eigenvalue weighted by molar-refractivity contribution is -0.122. The molecule has 0 spiro atoms. The van der Waals surface area contributed by atoms with Crippen LogP contribution in [0.25, 0.3) is 6.08 Å². The highest BCUT2D eigenvalue weighted by Gasteiger charge is 2.32. The number of carbonyl (C=O) groups excluding carboxylic acids is 1. The number of thioether (sulfide) groups is 1. The molecule has 0 unspecified atom stereocenters. The van der Waals surface area contributed by atoms with Gasteiger partial charge in [-0.1, -0.05) is 36.2 Å². The number of nitrogens with zero attached hydrogens (tertiary/aromatic N) is 2. The molecule has 3 rings (SSSR count). The van der Waals surface area contributed by atoms with Gasteiger partial charge in [0, 0.05) is 11.6 Å². The lowest BCUT2D eigenvalue weighted by atomic mass is 10.2. The lowest BCUT2D eigenvalue weighted by Crippen LogP contribution is -2.28. The van der Waals surface area contributed by atoms with Crippen LogP contribution in [-0.4, -0.2) is 28.6 Å². The van der Waals surface area contributed by atoms with Crippen LogP contribution in [0.2, 0.25) is 10.0 Å². The van der Waals surface area contributed by atoms with Crippen LogP contribution in [0.5, 0.6) is 5.75 Å². The van der Waals surface area contributed by atoms with E-state index in [1.54, 1.807) is 17.0 Å². The van der Waals surface area contributed by atoms with Gasteiger partial charge in [-0.05, 0) is 80.1 Å². The molecule has 152 valence electrons. The fourth-order valence-electron chi connectivity index (χ4n) is 2.65. The van der Waals surface area contributed by atoms with Gasteiger partial charge in [0.2, 0.25) is 0 Å². The predicted octanol–water partition coefficient (Wildman–Crippen LogP) is 6.79. The van der Waals surface area contributed by atoms with E-state index in [9.17, 15) is 4.79 Å². The van der Waals surface area contributed by atoms with E-state index < -0.39 is 0 Å². The molecule has 4 nitrogen and oxygen atoms in total. The topological polar surface area (TPSA) is 41.9 Å². The molecular weight excluding hydrogens is 427 g/mol. The number of carbonyl (C=O) groups is 1. The summed E-state index contributed by atoms with van der Waals surface area (Å²) >= 11 is 13.6. The van der Waals surface area contributed by atoms with E-state index in [0.717, 1.165) is 17.7 Å². The Hall–Kier alpha value is -1.95. The van der Waals surface area contributed by atoms with E-state index in [2.05, 4.69) is 11.9 Å². The van der Waals surface area contributed by atoms with Crippen molar-refractivity contribution in [1.29, 1.82) is 0 Å². The molecule has 1 fully saturated rings. The molecule has 2 aromatic rings. The first-order valence-electron chi connectivity index (χ1n) is 9.43. The van der Waals surface area contributed by atoms with Gasteiger partial charge in [0.15, 0.2) is 5.17 Å². The minimum atomic E-state index is -0.0683. The number of hydrogen-bond donors (Lipinski definition) is 0. The van der Waals surface area contributed by atoms with Crippen molar-refractivity contribution in [3.05, 3.63) is 63.0 Å². The first-order valence-corrected chi connectivity index (χ1v) is 11.0. The zero-order valence-corrected chi connectivity index (χ0v) is 18.8. The van der Waals surface area contributed by atoms with Gasteiger partial charge in [0.25, 0.3) is 5.91 Å². The summed E-state index contributed by atoms with van der Waals surface area (Å²) in [5, 5.41) is 1.82. The van der Waals surface area contributed by atoms with Crippen LogP contribution in [0.1, 0.15) is 32.8 Å². The Labute approximate surface area is 185 Å². The van der Waals surface area contributed by atoms with Gasteiger partial charge in [-0.3, -0.25) is 9.69 Å². The van der Waals surface area contributed by atoms with Crippen LogP contribution in [0, 0.1) is 0 Å². The van der Waals surface area contributed by atoms with E-state index in [1.807, 2.05) is 50.3 Å². The molecule has 1 amide bonds. The second-order valence-electron chi connectivity index (χ2n) is 6.56. The summed E-state index contributed by atoms with van der Waals surface area (Å²) in [6.07, 6.45) is 2.82. The van der Waals surface area contributed by atoms with Crippen molar-refractivity contribution in [1.82, 2.24) is 4.90 Å². The highest BCUT2D eigenvalue weighted by atomic mass is 35.5. The zero-order valence-electron chi connectivity index (χ0n) is 16.5. The normalized spacial score (nSPS) is 18.0. The third-order valence-electron chi connectivity index (χ3n) is 4.41. The Morgan fingerprint density at radius 2 is 1.90 bits per heavy atom. The molecule has 1 saturated heterocycles.